The fourth-order valence-corrected chi connectivity index (χ4v) is 11.1. The van der Waals surface area contributed by atoms with Crippen molar-refractivity contribution in [3.63, 3.8) is 0 Å². The van der Waals surface area contributed by atoms with Crippen molar-refractivity contribution in [2.75, 3.05) is 0 Å². The van der Waals surface area contributed by atoms with Gasteiger partial charge in [0.1, 0.15) is 0 Å². The first-order chi connectivity index (χ1) is 11.2. The third kappa shape index (κ3) is 4.77. The molecule has 3 heteroatoms. The number of hydrogen-bond donors (Lipinski definition) is 0. The van der Waals surface area contributed by atoms with Crippen LogP contribution in [0.15, 0.2) is 0 Å². The van der Waals surface area contributed by atoms with E-state index in [-0.39, 0.29) is 10.8 Å². The summed E-state index contributed by atoms with van der Waals surface area (Å²) >= 11 is 0. The lowest BCUT2D eigenvalue weighted by Crippen LogP contribution is -2.43. The first kappa shape index (κ1) is 21.6. The highest BCUT2D eigenvalue weighted by atomic mass is 31.1. The van der Waals surface area contributed by atoms with Crippen LogP contribution in [0.3, 0.4) is 0 Å². The Labute approximate surface area is 161 Å². The van der Waals surface area contributed by atoms with Crippen molar-refractivity contribution in [3.05, 3.63) is 15.9 Å². The Hall–Kier alpha value is 0.297. The van der Waals surface area contributed by atoms with Crippen molar-refractivity contribution in [2.45, 2.75) is 116 Å². The minimum atomic E-state index is -1.37. The minimum absolute atomic E-state index is 0.247. The molecule has 0 N–H and O–H groups in total. The van der Waals surface area contributed by atoms with Gasteiger partial charge in [-0.1, -0.05) is 104 Å². The predicted molar refractivity (Wildman–Crippen MR) is 122 cm³/mol. The van der Waals surface area contributed by atoms with Crippen LogP contribution in [0.5, 0.6) is 0 Å². The molecular formula is C22H40P2Si. The van der Waals surface area contributed by atoms with Gasteiger partial charge in [0.2, 0.25) is 0 Å². The summed E-state index contributed by atoms with van der Waals surface area (Å²) < 4.78 is 0. The van der Waals surface area contributed by atoms with E-state index in [1.165, 1.54) is 32.1 Å². The molecule has 0 atom stereocenters. The third-order valence-electron chi connectivity index (χ3n) is 5.58. The molecule has 1 aromatic rings. The maximum absolute atomic E-state index is 2.58. The van der Waals surface area contributed by atoms with Crippen molar-refractivity contribution < 1.29 is 0 Å². The SMILES string of the molecule is CC(C)(C)c1pc(C2(C)CCCCC2)pc([Si](C)(C)C)c1C(C)(C)C. The van der Waals surface area contributed by atoms with Gasteiger partial charge in [-0.15, -0.1) is 0 Å². The highest BCUT2D eigenvalue weighted by Crippen LogP contribution is 2.51. The predicted octanol–water partition coefficient (Wildman–Crippen LogP) is 8.21. The zero-order chi connectivity index (χ0) is 19.3. The zero-order valence-corrected chi connectivity index (χ0v) is 21.2. The first-order valence-electron chi connectivity index (χ1n) is 10.1. The second-order valence-corrected chi connectivity index (χ2v) is 19.5. The van der Waals surface area contributed by atoms with Crippen LogP contribution < -0.4 is 4.92 Å². The molecule has 142 valence electrons. The smallest absolute Gasteiger partial charge is 0.0680 e. The summed E-state index contributed by atoms with van der Waals surface area (Å²) in [5.74, 6) is 0. The molecule has 0 nitrogen and oxygen atoms in total. The van der Waals surface area contributed by atoms with Gasteiger partial charge in [0.05, 0.1) is 8.07 Å². The summed E-state index contributed by atoms with van der Waals surface area (Å²) in [7, 11) is 1.80. The monoisotopic (exact) mass is 394 g/mol. The van der Waals surface area contributed by atoms with Crippen LogP contribution in [0.1, 0.15) is 96.5 Å². The molecule has 1 fully saturated rings. The summed E-state index contributed by atoms with van der Waals surface area (Å²) in [6.07, 6.45) is 7.10. The molecule has 1 aliphatic carbocycles. The van der Waals surface area contributed by atoms with Gasteiger partial charge in [-0.25, -0.2) is 0 Å². The van der Waals surface area contributed by atoms with Crippen LogP contribution in [0.4, 0.5) is 0 Å². The van der Waals surface area contributed by atoms with Gasteiger partial charge in [-0.05, 0) is 39.4 Å². The van der Waals surface area contributed by atoms with Crippen LogP contribution in [-0.4, -0.2) is 8.07 Å². The molecule has 0 aromatic carbocycles. The normalized spacial score (nSPS) is 19.8. The lowest BCUT2D eigenvalue weighted by molar-refractivity contribution is 0.329. The van der Waals surface area contributed by atoms with Gasteiger partial charge in [0.15, 0.2) is 0 Å². The molecule has 1 heterocycles. The molecule has 0 amide bonds. The summed E-state index contributed by atoms with van der Waals surface area (Å²) in [4.78, 5) is 1.82. The Balaban J connectivity index is 2.82. The van der Waals surface area contributed by atoms with Gasteiger partial charge in [-0.2, -0.15) is 0 Å². The molecule has 0 bridgehead atoms. The molecule has 1 aromatic heterocycles. The topological polar surface area (TPSA) is 0 Å². The Morgan fingerprint density at radius 2 is 1.32 bits per heavy atom. The molecule has 1 aliphatic rings. The first-order valence-corrected chi connectivity index (χ1v) is 15.4. The summed E-state index contributed by atoms with van der Waals surface area (Å²) in [5.41, 5.74) is 2.69. The maximum atomic E-state index is 2.58. The van der Waals surface area contributed by atoms with Crippen LogP contribution in [-0.2, 0) is 16.2 Å². The lowest BCUT2D eigenvalue weighted by atomic mass is 9.77. The Kier molecular flexibility index (Phi) is 6.08. The molecule has 2 rings (SSSR count). The Bertz CT molecular complexity index is 586. The molecule has 0 saturated heterocycles. The zero-order valence-electron chi connectivity index (χ0n) is 18.4. The largest absolute Gasteiger partial charge is 0.0839 e. The molecule has 0 spiro atoms. The molecular weight excluding hydrogens is 354 g/mol. The van der Waals surface area contributed by atoms with E-state index in [2.05, 4.69) is 68.1 Å². The van der Waals surface area contributed by atoms with Gasteiger partial charge >= 0.3 is 0 Å². The van der Waals surface area contributed by atoms with Gasteiger partial charge in [-0.3, -0.25) is 0 Å². The molecule has 25 heavy (non-hydrogen) atoms. The van der Waals surface area contributed by atoms with Crippen molar-refractivity contribution >= 4 is 29.4 Å². The van der Waals surface area contributed by atoms with Crippen LogP contribution in [0, 0.1) is 0 Å². The van der Waals surface area contributed by atoms with E-state index in [1.807, 2.05) is 9.95 Å². The van der Waals surface area contributed by atoms with E-state index in [9.17, 15) is 0 Å². The van der Waals surface area contributed by atoms with Crippen LogP contribution in [0.25, 0.3) is 0 Å². The fourth-order valence-electron chi connectivity index (χ4n) is 4.08. The fraction of sp³-hybridized carbons (Fsp3) is 0.818. The number of hydrogen-bond acceptors (Lipinski definition) is 0. The van der Waals surface area contributed by atoms with E-state index in [0.29, 0.717) is 5.41 Å². The van der Waals surface area contributed by atoms with E-state index < -0.39 is 8.07 Å². The van der Waals surface area contributed by atoms with Crippen molar-refractivity contribution in [2.24, 2.45) is 0 Å². The molecule has 0 unspecified atom stereocenters. The minimum Gasteiger partial charge on any atom is -0.0680 e. The molecule has 0 aliphatic heterocycles. The van der Waals surface area contributed by atoms with Gasteiger partial charge in [0.25, 0.3) is 0 Å². The van der Waals surface area contributed by atoms with Crippen molar-refractivity contribution in [1.29, 1.82) is 0 Å². The highest BCUT2D eigenvalue weighted by molar-refractivity contribution is 7.53. The molecule has 1 saturated carbocycles. The third-order valence-corrected chi connectivity index (χ3v) is 13.3. The van der Waals surface area contributed by atoms with E-state index in [0.717, 1.165) is 0 Å². The van der Waals surface area contributed by atoms with Gasteiger partial charge in [0, 0.05) is 10.4 Å². The maximum Gasteiger partial charge on any atom is 0.0839 e. The van der Waals surface area contributed by atoms with Crippen molar-refractivity contribution in [3.8, 4) is 0 Å². The van der Waals surface area contributed by atoms with E-state index >= 15 is 0 Å². The summed E-state index contributed by atoms with van der Waals surface area (Å²) in [6, 6.07) is 0. The quantitative estimate of drug-likeness (QED) is 0.443. The summed E-state index contributed by atoms with van der Waals surface area (Å²) in [5, 5.41) is 3.54. The lowest BCUT2D eigenvalue weighted by Gasteiger charge is -2.39. The Morgan fingerprint density at radius 1 is 0.800 bits per heavy atom. The van der Waals surface area contributed by atoms with E-state index in [1.54, 1.807) is 27.2 Å². The second-order valence-electron chi connectivity index (χ2n) is 11.5. The van der Waals surface area contributed by atoms with Crippen LogP contribution in [0.2, 0.25) is 19.6 Å². The van der Waals surface area contributed by atoms with Gasteiger partial charge < -0.3 is 0 Å². The van der Waals surface area contributed by atoms with Crippen LogP contribution >= 0.6 is 16.4 Å². The summed E-state index contributed by atoms with van der Waals surface area (Å²) in [6.45, 7) is 24.9. The standard InChI is InChI=1S/C22H40P2Si/c1-20(2,3)16-17(21(4,5)6)23-19(24-18(16)25(8,9)10)22(7)14-12-11-13-15-22/h11-15H2,1-10H3. The van der Waals surface area contributed by atoms with Crippen molar-refractivity contribution in [1.82, 2.24) is 0 Å². The Morgan fingerprint density at radius 3 is 1.72 bits per heavy atom. The average molecular weight is 395 g/mol. The number of rotatable bonds is 2. The highest BCUT2D eigenvalue weighted by Gasteiger charge is 2.37. The van der Waals surface area contributed by atoms with E-state index in [4.69, 9.17) is 0 Å². The second kappa shape index (κ2) is 7.03. The molecule has 0 radical (unpaired) electrons. The average Bonchev–Trinajstić information content (AvgIpc) is 2.44.